The fraction of sp³-hybridized carbons (Fsp3) is 0.0588. The summed E-state index contributed by atoms with van der Waals surface area (Å²) in [4.78, 5) is 20.1. The van der Waals surface area contributed by atoms with Gasteiger partial charge in [-0.25, -0.2) is 0 Å². The van der Waals surface area contributed by atoms with Gasteiger partial charge in [0, 0.05) is 35.8 Å². The average molecular weight is 340 g/mol. The molecular formula is C17H14ClN5O. The van der Waals surface area contributed by atoms with Gasteiger partial charge in [0.15, 0.2) is 0 Å². The molecule has 0 saturated heterocycles. The Hall–Kier alpha value is -2.99. The minimum atomic E-state index is -0.278. The number of nitrogens with one attached hydrogen (secondary N) is 2. The van der Waals surface area contributed by atoms with Crippen LogP contribution in [-0.4, -0.2) is 26.1 Å². The third kappa shape index (κ3) is 3.67. The Bertz CT molecular complexity index is 872. The van der Waals surface area contributed by atoms with Crippen molar-refractivity contribution in [2.75, 3.05) is 5.32 Å². The molecule has 7 heteroatoms. The number of aromatic nitrogens is 4. The Morgan fingerprint density at radius 3 is 2.75 bits per heavy atom. The highest BCUT2D eigenvalue weighted by Crippen LogP contribution is 2.25. The van der Waals surface area contributed by atoms with Gasteiger partial charge in [0.25, 0.3) is 0 Å². The van der Waals surface area contributed by atoms with Gasteiger partial charge in [0.05, 0.1) is 16.4 Å². The van der Waals surface area contributed by atoms with Crippen molar-refractivity contribution >= 4 is 29.4 Å². The number of rotatable bonds is 4. The Morgan fingerprint density at radius 1 is 1.25 bits per heavy atom. The molecule has 0 aromatic carbocycles. The van der Waals surface area contributed by atoms with Gasteiger partial charge in [0.1, 0.15) is 5.82 Å². The first-order valence-electron chi connectivity index (χ1n) is 7.19. The Kier molecular flexibility index (Phi) is 4.67. The van der Waals surface area contributed by atoms with E-state index in [-0.39, 0.29) is 5.91 Å². The van der Waals surface area contributed by atoms with Gasteiger partial charge in [0.2, 0.25) is 5.91 Å². The van der Waals surface area contributed by atoms with E-state index in [0.29, 0.717) is 16.5 Å². The molecule has 0 saturated carbocycles. The van der Waals surface area contributed by atoms with Crippen molar-refractivity contribution in [3.63, 3.8) is 0 Å². The predicted octanol–water partition coefficient (Wildman–Crippen LogP) is 3.48. The number of carbonyl (C=O) groups excluding carboxylic acids is 1. The molecule has 0 atom stereocenters. The molecule has 3 aromatic rings. The van der Waals surface area contributed by atoms with Crippen LogP contribution in [0.15, 0.2) is 48.9 Å². The maximum Gasteiger partial charge on any atom is 0.249 e. The minimum Gasteiger partial charge on any atom is -0.307 e. The van der Waals surface area contributed by atoms with Crippen LogP contribution in [-0.2, 0) is 4.79 Å². The first-order valence-corrected chi connectivity index (χ1v) is 7.57. The van der Waals surface area contributed by atoms with Crippen molar-refractivity contribution < 1.29 is 4.79 Å². The molecule has 24 heavy (non-hydrogen) atoms. The van der Waals surface area contributed by atoms with Crippen molar-refractivity contribution in [1.82, 2.24) is 20.2 Å². The molecule has 0 radical (unpaired) electrons. The molecule has 120 valence electrons. The molecule has 0 aliphatic rings. The van der Waals surface area contributed by atoms with E-state index < -0.39 is 0 Å². The molecule has 0 unspecified atom stereocenters. The summed E-state index contributed by atoms with van der Waals surface area (Å²) in [5.74, 6) is 0.278. The second-order valence-electron chi connectivity index (χ2n) is 5.03. The van der Waals surface area contributed by atoms with Gasteiger partial charge in [-0.2, -0.15) is 5.10 Å². The standard InChI is InChI=1S/C17H14ClN5O/c1-11-16(12-6-8-19-9-7-12)22-23-17(11)21-15(24)5-4-14-3-2-13(18)10-20-14/h2-10H,1H3,(H2,21,22,23,24). The summed E-state index contributed by atoms with van der Waals surface area (Å²) < 4.78 is 0. The fourth-order valence-electron chi connectivity index (χ4n) is 2.12. The van der Waals surface area contributed by atoms with Crippen molar-refractivity contribution in [2.24, 2.45) is 0 Å². The van der Waals surface area contributed by atoms with Gasteiger partial charge < -0.3 is 5.32 Å². The zero-order valence-corrected chi connectivity index (χ0v) is 13.6. The summed E-state index contributed by atoms with van der Waals surface area (Å²) in [6, 6.07) is 7.17. The zero-order chi connectivity index (χ0) is 16.9. The highest BCUT2D eigenvalue weighted by molar-refractivity contribution is 6.30. The van der Waals surface area contributed by atoms with E-state index in [1.807, 2.05) is 19.1 Å². The van der Waals surface area contributed by atoms with Crippen LogP contribution < -0.4 is 5.32 Å². The van der Waals surface area contributed by atoms with E-state index in [2.05, 4.69) is 25.5 Å². The van der Waals surface area contributed by atoms with E-state index >= 15 is 0 Å². The van der Waals surface area contributed by atoms with Crippen LogP contribution in [0.3, 0.4) is 0 Å². The first kappa shape index (κ1) is 15.9. The van der Waals surface area contributed by atoms with Gasteiger partial charge in [-0.05, 0) is 37.3 Å². The summed E-state index contributed by atoms with van der Waals surface area (Å²) in [5, 5.41) is 10.4. The molecule has 3 aromatic heterocycles. The average Bonchev–Trinajstić information content (AvgIpc) is 2.96. The number of amides is 1. The number of hydrogen-bond donors (Lipinski definition) is 2. The van der Waals surface area contributed by atoms with Crippen LogP contribution in [0.4, 0.5) is 5.82 Å². The first-order chi connectivity index (χ1) is 11.6. The molecule has 3 rings (SSSR count). The maximum absolute atomic E-state index is 12.0. The lowest BCUT2D eigenvalue weighted by molar-refractivity contribution is -0.111. The van der Waals surface area contributed by atoms with Crippen molar-refractivity contribution in [3.05, 3.63) is 65.2 Å². The third-order valence-electron chi connectivity index (χ3n) is 3.37. The monoisotopic (exact) mass is 339 g/mol. The van der Waals surface area contributed by atoms with Crippen LogP contribution in [0.1, 0.15) is 11.3 Å². The fourth-order valence-corrected chi connectivity index (χ4v) is 2.23. The Labute approximate surface area is 143 Å². The minimum absolute atomic E-state index is 0.278. The second kappa shape index (κ2) is 7.06. The number of anilines is 1. The van der Waals surface area contributed by atoms with Crippen molar-refractivity contribution in [2.45, 2.75) is 6.92 Å². The summed E-state index contributed by atoms with van der Waals surface area (Å²) >= 11 is 5.77. The molecule has 0 spiro atoms. The number of aromatic amines is 1. The molecule has 6 nitrogen and oxygen atoms in total. The topological polar surface area (TPSA) is 83.6 Å². The summed E-state index contributed by atoms with van der Waals surface area (Å²) in [6.07, 6.45) is 7.94. The zero-order valence-electron chi connectivity index (χ0n) is 12.8. The molecule has 2 N–H and O–H groups in total. The SMILES string of the molecule is Cc1c(-c2ccncc2)n[nH]c1NC(=O)C=Cc1ccc(Cl)cn1. The van der Waals surface area contributed by atoms with Crippen LogP contribution >= 0.6 is 11.6 Å². The second-order valence-corrected chi connectivity index (χ2v) is 5.47. The maximum atomic E-state index is 12.0. The van der Waals surface area contributed by atoms with Crippen LogP contribution in [0, 0.1) is 6.92 Å². The number of halogens is 1. The van der Waals surface area contributed by atoms with E-state index in [1.54, 1.807) is 30.6 Å². The van der Waals surface area contributed by atoms with E-state index in [1.165, 1.54) is 12.3 Å². The highest BCUT2D eigenvalue weighted by Gasteiger charge is 2.11. The highest BCUT2D eigenvalue weighted by atomic mass is 35.5. The number of nitrogens with zero attached hydrogens (tertiary/aromatic N) is 3. The summed E-state index contributed by atoms with van der Waals surface area (Å²) in [6.45, 7) is 1.89. The predicted molar refractivity (Wildman–Crippen MR) is 93.5 cm³/mol. The molecular weight excluding hydrogens is 326 g/mol. The lowest BCUT2D eigenvalue weighted by atomic mass is 10.1. The number of hydrogen-bond acceptors (Lipinski definition) is 4. The van der Waals surface area contributed by atoms with Gasteiger partial charge >= 0.3 is 0 Å². The van der Waals surface area contributed by atoms with Crippen molar-refractivity contribution in [1.29, 1.82) is 0 Å². The Morgan fingerprint density at radius 2 is 2.04 bits per heavy atom. The number of H-pyrrole nitrogens is 1. The summed E-state index contributed by atoms with van der Waals surface area (Å²) in [7, 11) is 0. The molecule has 3 heterocycles. The molecule has 0 aliphatic heterocycles. The lowest BCUT2D eigenvalue weighted by Crippen LogP contribution is -2.09. The quantitative estimate of drug-likeness (QED) is 0.713. The lowest BCUT2D eigenvalue weighted by Gasteiger charge is -2.01. The number of carbonyl (C=O) groups is 1. The third-order valence-corrected chi connectivity index (χ3v) is 3.59. The van der Waals surface area contributed by atoms with E-state index in [4.69, 9.17) is 11.6 Å². The molecule has 0 aliphatic carbocycles. The van der Waals surface area contributed by atoms with E-state index in [0.717, 1.165) is 16.8 Å². The van der Waals surface area contributed by atoms with Crippen LogP contribution in [0.5, 0.6) is 0 Å². The van der Waals surface area contributed by atoms with Gasteiger partial charge in [-0.1, -0.05) is 11.6 Å². The summed E-state index contributed by atoms with van der Waals surface area (Å²) in [5.41, 5.74) is 3.21. The van der Waals surface area contributed by atoms with Crippen LogP contribution in [0.25, 0.3) is 17.3 Å². The molecule has 1 amide bonds. The normalized spacial score (nSPS) is 10.9. The van der Waals surface area contributed by atoms with E-state index in [9.17, 15) is 4.79 Å². The van der Waals surface area contributed by atoms with Gasteiger partial charge in [-0.15, -0.1) is 0 Å². The van der Waals surface area contributed by atoms with Gasteiger partial charge in [-0.3, -0.25) is 19.9 Å². The molecule has 0 bridgehead atoms. The number of pyridine rings is 2. The largest absolute Gasteiger partial charge is 0.307 e. The smallest absolute Gasteiger partial charge is 0.249 e. The molecule has 0 fully saturated rings. The Balaban J connectivity index is 1.71. The van der Waals surface area contributed by atoms with Crippen molar-refractivity contribution in [3.8, 4) is 11.3 Å². The van der Waals surface area contributed by atoms with Crippen LogP contribution in [0.2, 0.25) is 5.02 Å².